The zero-order valence-corrected chi connectivity index (χ0v) is 23.9. The lowest BCUT2D eigenvalue weighted by molar-refractivity contribution is -0.0447. The number of piperidine rings is 1. The lowest BCUT2D eigenvalue weighted by Crippen LogP contribution is -2.59. The minimum atomic E-state index is -0.620. The summed E-state index contributed by atoms with van der Waals surface area (Å²) in [5.74, 6) is 0.510. The highest BCUT2D eigenvalue weighted by Gasteiger charge is 2.43. The summed E-state index contributed by atoms with van der Waals surface area (Å²) in [6, 6.07) is 7.02. The SMILES string of the molecule is CCN1CC2(CCN(Cc3ccc(Nc4ncc(F)c(-c5cc(F)c6nc7n(c6c5)C(C)(C)CC7)n4)nc3)CC2)C1. The number of likely N-dealkylation sites (tertiary alicyclic amines) is 2. The number of nitrogens with one attached hydrogen (secondary N) is 1. The van der Waals surface area contributed by atoms with Crippen LogP contribution in [0.15, 0.2) is 36.7 Å². The fraction of sp³-hybridized carbons (Fsp3) is 0.484. The number of rotatable bonds is 6. The van der Waals surface area contributed by atoms with Gasteiger partial charge in [-0.05, 0) is 81.9 Å². The Morgan fingerprint density at radius 1 is 0.927 bits per heavy atom. The summed E-state index contributed by atoms with van der Waals surface area (Å²) in [4.78, 5) is 22.6. The highest BCUT2D eigenvalue weighted by atomic mass is 19.1. The highest BCUT2D eigenvalue weighted by Crippen LogP contribution is 2.41. The molecule has 2 fully saturated rings. The van der Waals surface area contributed by atoms with E-state index in [0.29, 0.717) is 27.8 Å². The van der Waals surface area contributed by atoms with Crippen LogP contribution in [0.4, 0.5) is 20.5 Å². The Morgan fingerprint density at radius 2 is 1.73 bits per heavy atom. The van der Waals surface area contributed by atoms with Crippen molar-refractivity contribution in [3.05, 3.63) is 59.7 Å². The molecule has 3 aromatic heterocycles. The largest absolute Gasteiger partial charge is 0.322 e. The first-order valence-corrected chi connectivity index (χ1v) is 14.6. The number of aryl methyl sites for hydroxylation is 1. The zero-order chi connectivity index (χ0) is 28.4. The third-order valence-electron chi connectivity index (χ3n) is 9.32. The van der Waals surface area contributed by atoms with E-state index in [1.807, 2.05) is 12.3 Å². The first-order chi connectivity index (χ1) is 19.7. The van der Waals surface area contributed by atoms with Gasteiger partial charge in [-0.15, -0.1) is 0 Å². The van der Waals surface area contributed by atoms with E-state index >= 15 is 4.39 Å². The molecule has 1 N–H and O–H groups in total. The van der Waals surface area contributed by atoms with Crippen LogP contribution in [0.5, 0.6) is 0 Å². The number of anilines is 2. The lowest BCUT2D eigenvalue weighted by Gasteiger charge is -2.54. The van der Waals surface area contributed by atoms with Gasteiger partial charge in [0.15, 0.2) is 11.6 Å². The number of hydrogen-bond donors (Lipinski definition) is 1. The fourth-order valence-corrected chi connectivity index (χ4v) is 6.92. The van der Waals surface area contributed by atoms with E-state index in [4.69, 9.17) is 0 Å². The minimum Gasteiger partial charge on any atom is -0.322 e. The van der Waals surface area contributed by atoms with Crippen molar-refractivity contribution in [3.63, 3.8) is 0 Å². The topological polar surface area (TPSA) is 75.0 Å². The molecule has 10 heteroatoms. The molecule has 3 aliphatic heterocycles. The molecule has 0 bridgehead atoms. The predicted molar refractivity (Wildman–Crippen MR) is 155 cm³/mol. The molecule has 3 aliphatic rings. The van der Waals surface area contributed by atoms with Crippen molar-refractivity contribution in [1.29, 1.82) is 0 Å². The third kappa shape index (κ3) is 4.76. The number of halogens is 2. The number of hydrogen-bond acceptors (Lipinski definition) is 7. The van der Waals surface area contributed by atoms with Gasteiger partial charge in [-0.3, -0.25) is 4.90 Å². The van der Waals surface area contributed by atoms with E-state index in [0.717, 1.165) is 56.6 Å². The van der Waals surface area contributed by atoms with Crippen LogP contribution < -0.4 is 5.32 Å². The quantitative estimate of drug-likeness (QED) is 0.335. The van der Waals surface area contributed by atoms with Crippen molar-refractivity contribution in [2.75, 3.05) is 38.0 Å². The van der Waals surface area contributed by atoms with Crippen molar-refractivity contribution >= 4 is 22.8 Å². The van der Waals surface area contributed by atoms with Crippen molar-refractivity contribution in [2.24, 2.45) is 5.41 Å². The van der Waals surface area contributed by atoms with Crippen LogP contribution in [0, 0.1) is 17.0 Å². The molecule has 4 aromatic rings. The molecule has 214 valence electrons. The number of fused-ring (bicyclic) bond motifs is 3. The first-order valence-electron chi connectivity index (χ1n) is 14.6. The summed E-state index contributed by atoms with van der Waals surface area (Å²) in [7, 11) is 0. The molecule has 2 saturated heterocycles. The first kappa shape index (κ1) is 26.4. The molecule has 41 heavy (non-hydrogen) atoms. The summed E-state index contributed by atoms with van der Waals surface area (Å²) in [6.07, 6.45) is 7.21. The number of imidazole rings is 1. The zero-order valence-electron chi connectivity index (χ0n) is 23.9. The normalized spacial score (nSPS) is 19.9. The maximum Gasteiger partial charge on any atom is 0.229 e. The van der Waals surface area contributed by atoms with E-state index in [1.54, 1.807) is 6.07 Å². The summed E-state index contributed by atoms with van der Waals surface area (Å²) in [5.41, 5.74) is 2.84. The number of aromatic nitrogens is 5. The predicted octanol–water partition coefficient (Wildman–Crippen LogP) is 5.51. The Kier molecular flexibility index (Phi) is 6.31. The number of pyridine rings is 1. The Hall–Kier alpha value is -3.50. The summed E-state index contributed by atoms with van der Waals surface area (Å²) >= 11 is 0. The maximum atomic E-state index is 15.1. The van der Waals surface area contributed by atoms with Crippen molar-refractivity contribution < 1.29 is 8.78 Å². The average Bonchev–Trinajstić information content (AvgIpc) is 3.47. The van der Waals surface area contributed by atoms with Gasteiger partial charge in [-0.25, -0.2) is 28.7 Å². The van der Waals surface area contributed by atoms with E-state index in [9.17, 15) is 4.39 Å². The average molecular weight is 559 g/mol. The molecule has 0 atom stereocenters. The molecule has 1 spiro atoms. The third-order valence-corrected chi connectivity index (χ3v) is 9.32. The van der Waals surface area contributed by atoms with Gasteiger partial charge in [0.25, 0.3) is 0 Å². The standard InChI is InChI=1S/C31H36F2N8/c1-4-39-18-31(19-39)9-11-40(12-10-31)17-20-5-6-25(34-15-20)36-29-35-16-23(33)27(38-29)21-13-22(32)28-24(14-21)41-26(37-28)7-8-30(41,2)3/h5-6,13-16H,4,7-12,17-19H2,1-3H3,(H,34,35,36,38). The molecule has 8 nitrogen and oxygen atoms in total. The number of nitrogens with zero attached hydrogens (tertiary/aromatic N) is 7. The Balaban J connectivity index is 1.05. The van der Waals surface area contributed by atoms with Gasteiger partial charge in [0.05, 0.1) is 11.7 Å². The second-order valence-electron chi connectivity index (χ2n) is 12.6. The molecule has 0 radical (unpaired) electrons. The molecule has 1 aromatic carbocycles. The van der Waals surface area contributed by atoms with Crippen LogP contribution >= 0.6 is 0 Å². The summed E-state index contributed by atoms with van der Waals surface area (Å²) in [6.45, 7) is 13.2. The Bertz CT molecular complexity index is 1600. The van der Waals surface area contributed by atoms with Gasteiger partial charge in [0.1, 0.15) is 22.9 Å². The van der Waals surface area contributed by atoms with Gasteiger partial charge in [-0.2, -0.15) is 0 Å². The summed E-state index contributed by atoms with van der Waals surface area (Å²) in [5, 5.41) is 3.08. The molecule has 0 amide bonds. The Labute approximate surface area is 238 Å². The van der Waals surface area contributed by atoms with E-state index < -0.39 is 11.6 Å². The van der Waals surface area contributed by atoms with Gasteiger partial charge < -0.3 is 14.8 Å². The van der Waals surface area contributed by atoms with Crippen LogP contribution in [0.2, 0.25) is 0 Å². The lowest BCUT2D eigenvalue weighted by atomic mass is 9.72. The van der Waals surface area contributed by atoms with Crippen LogP contribution in [-0.2, 0) is 18.5 Å². The van der Waals surface area contributed by atoms with E-state index in [-0.39, 0.29) is 17.2 Å². The second-order valence-corrected chi connectivity index (χ2v) is 12.6. The van der Waals surface area contributed by atoms with Crippen LogP contribution in [0.3, 0.4) is 0 Å². The van der Waals surface area contributed by atoms with Gasteiger partial charge in [-0.1, -0.05) is 13.0 Å². The fourth-order valence-electron chi connectivity index (χ4n) is 6.92. The molecular weight excluding hydrogens is 522 g/mol. The molecular formula is C31H36F2N8. The monoisotopic (exact) mass is 558 g/mol. The van der Waals surface area contributed by atoms with Crippen molar-refractivity contribution in [1.82, 2.24) is 34.3 Å². The van der Waals surface area contributed by atoms with E-state index in [2.05, 4.69) is 66.5 Å². The minimum absolute atomic E-state index is 0.0302. The molecule has 6 heterocycles. The van der Waals surface area contributed by atoms with E-state index in [1.165, 1.54) is 32.0 Å². The van der Waals surface area contributed by atoms with Crippen LogP contribution in [0.1, 0.15) is 51.4 Å². The summed E-state index contributed by atoms with van der Waals surface area (Å²) < 4.78 is 32.1. The van der Waals surface area contributed by atoms with Gasteiger partial charge in [0.2, 0.25) is 5.95 Å². The molecule has 0 aliphatic carbocycles. The highest BCUT2D eigenvalue weighted by molar-refractivity contribution is 5.83. The Morgan fingerprint density at radius 3 is 2.46 bits per heavy atom. The number of benzene rings is 1. The molecule has 0 unspecified atom stereocenters. The van der Waals surface area contributed by atoms with Crippen LogP contribution in [0.25, 0.3) is 22.3 Å². The van der Waals surface area contributed by atoms with Gasteiger partial charge >= 0.3 is 0 Å². The van der Waals surface area contributed by atoms with Crippen LogP contribution in [-0.4, -0.2) is 67.0 Å². The smallest absolute Gasteiger partial charge is 0.229 e. The van der Waals surface area contributed by atoms with Crippen molar-refractivity contribution in [2.45, 2.75) is 58.5 Å². The van der Waals surface area contributed by atoms with Crippen molar-refractivity contribution in [3.8, 4) is 11.3 Å². The molecule has 0 saturated carbocycles. The van der Waals surface area contributed by atoms with Gasteiger partial charge in [0, 0.05) is 43.4 Å². The maximum absolute atomic E-state index is 15.1. The second kappa shape index (κ2) is 9.80. The molecule has 7 rings (SSSR count).